The van der Waals surface area contributed by atoms with E-state index in [1.54, 1.807) is 19.2 Å². The molecule has 8 heteroatoms. The van der Waals surface area contributed by atoms with Crippen molar-refractivity contribution < 1.29 is 4.79 Å². The number of hydrogen-bond donors (Lipinski definition) is 2. The third-order valence-electron chi connectivity index (χ3n) is 10.6. The van der Waals surface area contributed by atoms with E-state index in [1.807, 2.05) is 17.0 Å². The summed E-state index contributed by atoms with van der Waals surface area (Å²) >= 11 is 12.4. The Bertz CT molecular complexity index is 1690. The maximum atomic E-state index is 12.2. The second-order valence-electron chi connectivity index (χ2n) is 13.9. The zero-order chi connectivity index (χ0) is 32.0. The number of anilines is 1. The van der Waals surface area contributed by atoms with Gasteiger partial charge in [-0.3, -0.25) is 4.79 Å². The summed E-state index contributed by atoms with van der Waals surface area (Å²) in [6.07, 6.45) is 8.38. The minimum absolute atomic E-state index is 0.165. The number of amides is 1. The predicted molar refractivity (Wildman–Crippen MR) is 187 cm³/mol. The molecule has 46 heavy (non-hydrogen) atoms. The number of carbonyl (C=O) groups excluding carboxylic acids is 1. The van der Waals surface area contributed by atoms with Crippen LogP contribution in [0.4, 0.5) is 5.69 Å². The molecular formula is C38H41Cl2N5O. The summed E-state index contributed by atoms with van der Waals surface area (Å²) < 4.78 is 2.48. The lowest BCUT2D eigenvalue weighted by Gasteiger charge is -2.57. The van der Waals surface area contributed by atoms with E-state index in [9.17, 15) is 4.79 Å². The van der Waals surface area contributed by atoms with E-state index in [0.717, 1.165) is 63.5 Å². The highest BCUT2D eigenvalue weighted by atomic mass is 35.5. The molecule has 4 fully saturated rings. The maximum absolute atomic E-state index is 12.2. The van der Waals surface area contributed by atoms with Gasteiger partial charge in [-0.25, -0.2) is 4.98 Å². The molecule has 4 aliphatic rings. The molecule has 1 amide bonds. The lowest BCUT2D eigenvalue weighted by atomic mass is 9.49. The minimum atomic E-state index is -0.368. The van der Waals surface area contributed by atoms with Crippen molar-refractivity contribution in [2.24, 2.45) is 28.9 Å². The van der Waals surface area contributed by atoms with Gasteiger partial charge in [-0.1, -0.05) is 35.3 Å². The zero-order valence-corrected chi connectivity index (χ0v) is 27.6. The standard InChI is InChI=1S/C38H41Cl2N5O/c1-3-44(4-2)30-9-6-28(7-10-30)37-43-34-17-29(33(18-36(41)46)42-22-24-5-11-31(39)32(40)16-24)8-12-35(34)45(37)23-38-19-25-13-26(20-38)15-27(14-25)21-38/h3-12,16-17,25-27,33,42H,1-2,13-15,18-23H2,(H2,41,46). The highest BCUT2D eigenvalue weighted by molar-refractivity contribution is 6.42. The first-order chi connectivity index (χ1) is 22.2. The van der Waals surface area contributed by atoms with E-state index in [0.29, 0.717) is 22.0 Å². The first kappa shape index (κ1) is 31.5. The molecule has 8 rings (SSSR count). The van der Waals surface area contributed by atoms with E-state index >= 15 is 0 Å². The lowest BCUT2D eigenvalue weighted by molar-refractivity contribution is -0.118. The van der Waals surface area contributed by atoms with Crippen molar-refractivity contribution in [2.45, 2.75) is 64.1 Å². The molecule has 1 unspecified atom stereocenters. The molecule has 0 aliphatic heterocycles. The number of primary amides is 1. The summed E-state index contributed by atoms with van der Waals surface area (Å²) in [4.78, 5) is 19.4. The highest BCUT2D eigenvalue weighted by Crippen LogP contribution is 2.61. The lowest BCUT2D eigenvalue weighted by Crippen LogP contribution is -2.47. The van der Waals surface area contributed by atoms with Crippen molar-refractivity contribution in [3.05, 3.63) is 109 Å². The van der Waals surface area contributed by atoms with Crippen LogP contribution in [0.5, 0.6) is 0 Å². The Morgan fingerprint density at radius 2 is 1.65 bits per heavy atom. The molecule has 4 aliphatic carbocycles. The van der Waals surface area contributed by atoms with E-state index in [4.69, 9.17) is 33.9 Å². The molecular weight excluding hydrogens is 613 g/mol. The number of aromatic nitrogens is 2. The summed E-state index contributed by atoms with van der Waals surface area (Å²) in [5.41, 5.74) is 12.1. The topological polar surface area (TPSA) is 76.2 Å². The van der Waals surface area contributed by atoms with E-state index in [2.05, 4.69) is 66.2 Å². The zero-order valence-electron chi connectivity index (χ0n) is 26.1. The third-order valence-corrected chi connectivity index (χ3v) is 11.3. The van der Waals surface area contributed by atoms with Gasteiger partial charge in [-0.2, -0.15) is 0 Å². The molecule has 3 aromatic carbocycles. The van der Waals surface area contributed by atoms with Gasteiger partial charge in [0.25, 0.3) is 0 Å². The van der Waals surface area contributed by atoms with Crippen molar-refractivity contribution in [2.75, 3.05) is 4.90 Å². The van der Waals surface area contributed by atoms with Gasteiger partial charge in [0.15, 0.2) is 0 Å². The molecule has 6 nitrogen and oxygen atoms in total. The average molecular weight is 655 g/mol. The Morgan fingerprint density at radius 1 is 0.978 bits per heavy atom. The molecule has 4 saturated carbocycles. The van der Waals surface area contributed by atoms with Gasteiger partial charge < -0.3 is 20.5 Å². The van der Waals surface area contributed by atoms with Crippen LogP contribution in [0.3, 0.4) is 0 Å². The second kappa shape index (κ2) is 12.9. The number of fused-ring (bicyclic) bond motifs is 1. The molecule has 4 bridgehead atoms. The summed E-state index contributed by atoms with van der Waals surface area (Å²) in [5, 5.41) is 4.53. The molecule has 4 radical (unpaired) electrons. The maximum Gasteiger partial charge on any atom is 0.219 e. The number of imidazole rings is 1. The number of nitrogens with zero attached hydrogens (tertiary/aromatic N) is 3. The van der Waals surface area contributed by atoms with Gasteiger partial charge in [0.2, 0.25) is 5.91 Å². The van der Waals surface area contributed by atoms with Gasteiger partial charge >= 0.3 is 0 Å². The molecule has 3 N–H and O–H groups in total. The van der Waals surface area contributed by atoms with Gasteiger partial charge in [0, 0.05) is 49.9 Å². The summed E-state index contributed by atoms with van der Waals surface area (Å²) in [5.74, 6) is 3.22. The van der Waals surface area contributed by atoms with Gasteiger partial charge in [-0.15, -0.1) is 0 Å². The second-order valence-corrected chi connectivity index (χ2v) is 14.7. The van der Waals surface area contributed by atoms with Gasteiger partial charge in [0.05, 0.1) is 21.1 Å². The van der Waals surface area contributed by atoms with Gasteiger partial charge in [0.1, 0.15) is 5.82 Å². The quantitative estimate of drug-likeness (QED) is 0.160. The fraction of sp³-hybridized carbons (Fsp3) is 0.368. The summed E-state index contributed by atoms with van der Waals surface area (Å²) in [7, 11) is 0. The summed E-state index contributed by atoms with van der Waals surface area (Å²) in [6.45, 7) is 12.8. The monoisotopic (exact) mass is 653 g/mol. The highest BCUT2D eigenvalue weighted by Gasteiger charge is 2.51. The Labute approximate surface area is 282 Å². The smallest absolute Gasteiger partial charge is 0.219 e. The van der Waals surface area contributed by atoms with E-state index in [1.165, 1.54) is 38.5 Å². The Hall–Kier alpha value is -3.06. The van der Waals surface area contributed by atoms with Crippen LogP contribution < -0.4 is 16.0 Å². The van der Waals surface area contributed by atoms with Crippen molar-refractivity contribution in [3.8, 4) is 11.4 Å². The SMILES string of the molecule is [CH2][CH]N([CH][CH2])c1ccc(-c2nc3cc(C(CC(N)=O)NCc4ccc(Cl)c(Cl)c4)ccc3n2CC23CC4CC(CC(C4)C2)C3)cc1. The Kier molecular flexibility index (Phi) is 8.81. The fourth-order valence-electron chi connectivity index (χ4n) is 9.03. The first-order valence-corrected chi connectivity index (χ1v) is 17.1. The van der Waals surface area contributed by atoms with E-state index in [-0.39, 0.29) is 18.4 Å². The normalized spacial score (nSPS) is 24.0. The predicted octanol–water partition coefficient (Wildman–Crippen LogP) is 8.73. The van der Waals surface area contributed by atoms with Crippen molar-refractivity contribution in [3.63, 3.8) is 0 Å². The Morgan fingerprint density at radius 3 is 2.26 bits per heavy atom. The van der Waals surface area contributed by atoms with Crippen LogP contribution in [0.15, 0.2) is 60.7 Å². The molecule has 4 aromatic rings. The van der Waals surface area contributed by atoms with E-state index < -0.39 is 0 Å². The number of nitrogens with one attached hydrogen (secondary N) is 1. The van der Waals surface area contributed by atoms with Crippen LogP contribution in [0.25, 0.3) is 22.4 Å². The van der Waals surface area contributed by atoms with Crippen LogP contribution >= 0.6 is 23.2 Å². The summed E-state index contributed by atoms with van der Waals surface area (Å²) in [6, 6.07) is 20.2. The molecule has 1 aromatic heterocycles. The molecule has 1 heterocycles. The number of hydrogen-bond acceptors (Lipinski definition) is 4. The van der Waals surface area contributed by atoms with Crippen LogP contribution in [-0.2, 0) is 17.9 Å². The molecule has 238 valence electrons. The minimum Gasteiger partial charge on any atom is -0.370 e. The number of nitrogens with two attached hydrogens (primary N) is 1. The third kappa shape index (κ3) is 6.28. The average Bonchev–Trinajstić information content (AvgIpc) is 3.37. The largest absolute Gasteiger partial charge is 0.370 e. The number of benzene rings is 3. The van der Waals surface area contributed by atoms with Gasteiger partial charge in [-0.05, 0) is 135 Å². The van der Waals surface area contributed by atoms with Crippen LogP contribution in [0, 0.1) is 50.1 Å². The van der Waals surface area contributed by atoms with Crippen molar-refractivity contribution in [1.29, 1.82) is 0 Å². The fourth-order valence-corrected chi connectivity index (χ4v) is 9.35. The number of halogens is 2. The molecule has 0 spiro atoms. The van der Waals surface area contributed by atoms with Crippen LogP contribution in [-0.4, -0.2) is 15.5 Å². The Balaban J connectivity index is 1.25. The molecule has 1 atom stereocenters. The van der Waals surface area contributed by atoms with Crippen molar-refractivity contribution in [1.82, 2.24) is 14.9 Å². The molecule has 0 saturated heterocycles. The van der Waals surface area contributed by atoms with Crippen LogP contribution in [0.2, 0.25) is 10.0 Å². The van der Waals surface area contributed by atoms with Crippen LogP contribution in [0.1, 0.15) is 62.1 Å². The van der Waals surface area contributed by atoms with Crippen molar-refractivity contribution >= 4 is 45.8 Å². The number of rotatable bonds is 12. The number of carbonyl (C=O) groups is 1. The first-order valence-electron chi connectivity index (χ1n) is 16.3.